The monoisotopic (exact) mass is 463 g/mol. The van der Waals surface area contributed by atoms with Crippen molar-refractivity contribution in [3.8, 4) is 0 Å². The van der Waals surface area contributed by atoms with Gasteiger partial charge in [0.25, 0.3) is 0 Å². The van der Waals surface area contributed by atoms with E-state index in [9.17, 15) is 5.11 Å². The van der Waals surface area contributed by atoms with Crippen molar-refractivity contribution >= 4 is 40.0 Å². The fourth-order valence-electron chi connectivity index (χ4n) is 3.91. The zero-order valence-corrected chi connectivity index (χ0v) is 17.0. The standard InChI is InChI=1S/C18H27ClIN3O/c19-15-9-14(12-24)10-21-18(15)22-16-7-4-8-23(17(16)20)11-13-5-2-1-3-6-13/h9-10,13,16-17,24H,1-8,11-12H2,(H,21,22)/t16-,17?/m1/s1. The van der Waals surface area contributed by atoms with Crippen molar-refractivity contribution in [1.82, 2.24) is 9.88 Å². The van der Waals surface area contributed by atoms with Crippen LogP contribution in [0.2, 0.25) is 5.02 Å². The lowest BCUT2D eigenvalue weighted by Gasteiger charge is -2.41. The number of aliphatic hydroxyl groups excluding tert-OH is 1. The molecule has 134 valence electrons. The van der Waals surface area contributed by atoms with Gasteiger partial charge in [0, 0.05) is 12.7 Å². The molecule has 1 aliphatic carbocycles. The fraction of sp³-hybridized carbons (Fsp3) is 0.722. The quantitative estimate of drug-likeness (QED) is 0.385. The Bertz CT molecular complexity index is 539. The number of nitrogens with zero attached hydrogens (tertiary/aromatic N) is 2. The smallest absolute Gasteiger partial charge is 0.145 e. The third kappa shape index (κ3) is 4.74. The number of halogens is 2. The predicted molar refractivity (Wildman–Crippen MR) is 108 cm³/mol. The summed E-state index contributed by atoms with van der Waals surface area (Å²) in [5.74, 6) is 1.61. The van der Waals surface area contributed by atoms with Crippen molar-refractivity contribution < 1.29 is 5.11 Å². The third-order valence-corrected chi connectivity index (χ3v) is 7.21. The molecule has 1 aromatic heterocycles. The number of aliphatic hydroxyl groups is 1. The molecule has 1 saturated heterocycles. The van der Waals surface area contributed by atoms with Crippen molar-refractivity contribution in [2.75, 3.05) is 18.4 Å². The van der Waals surface area contributed by atoms with Crippen LogP contribution < -0.4 is 5.32 Å². The average Bonchev–Trinajstić information content (AvgIpc) is 2.61. The third-order valence-electron chi connectivity index (χ3n) is 5.26. The van der Waals surface area contributed by atoms with Gasteiger partial charge in [-0.1, -0.05) is 53.5 Å². The number of pyridine rings is 1. The maximum Gasteiger partial charge on any atom is 0.145 e. The first-order valence-corrected chi connectivity index (χ1v) is 10.7. The minimum absolute atomic E-state index is 0.0273. The molecule has 6 heteroatoms. The van der Waals surface area contributed by atoms with E-state index in [-0.39, 0.29) is 6.61 Å². The number of piperidine rings is 1. The van der Waals surface area contributed by atoms with Crippen LogP contribution in [0.15, 0.2) is 12.3 Å². The maximum absolute atomic E-state index is 9.18. The van der Waals surface area contributed by atoms with Crippen LogP contribution in [0, 0.1) is 5.92 Å². The van der Waals surface area contributed by atoms with E-state index in [0.29, 0.717) is 15.1 Å². The van der Waals surface area contributed by atoms with Crippen molar-refractivity contribution in [3.63, 3.8) is 0 Å². The molecular formula is C18H27ClIN3O. The number of anilines is 1. The molecular weight excluding hydrogens is 437 g/mol. The molecule has 3 rings (SSSR count). The number of hydrogen-bond donors (Lipinski definition) is 2. The van der Waals surface area contributed by atoms with Crippen LogP contribution in [0.1, 0.15) is 50.5 Å². The summed E-state index contributed by atoms with van der Waals surface area (Å²) in [5, 5.41) is 13.3. The summed E-state index contributed by atoms with van der Waals surface area (Å²) in [6.45, 7) is 2.41. The van der Waals surface area contributed by atoms with Crippen molar-refractivity contribution in [1.29, 1.82) is 0 Å². The number of alkyl halides is 1. The molecule has 2 atom stereocenters. The van der Waals surface area contributed by atoms with Gasteiger partial charge >= 0.3 is 0 Å². The van der Waals surface area contributed by atoms with E-state index in [4.69, 9.17) is 11.6 Å². The molecule has 2 heterocycles. The largest absolute Gasteiger partial charge is 0.392 e. The molecule has 0 bridgehead atoms. The molecule has 0 radical (unpaired) electrons. The van der Waals surface area contributed by atoms with Crippen LogP contribution in [0.4, 0.5) is 5.82 Å². The Morgan fingerprint density at radius 1 is 1.25 bits per heavy atom. The van der Waals surface area contributed by atoms with Gasteiger partial charge in [0.1, 0.15) is 5.82 Å². The van der Waals surface area contributed by atoms with Gasteiger partial charge in [-0.25, -0.2) is 4.98 Å². The zero-order valence-electron chi connectivity index (χ0n) is 14.1. The fourth-order valence-corrected chi connectivity index (χ4v) is 5.20. The van der Waals surface area contributed by atoms with Gasteiger partial charge in [-0.15, -0.1) is 0 Å². The van der Waals surface area contributed by atoms with Crippen LogP contribution in [-0.2, 0) is 6.61 Å². The molecule has 4 nitrogen and oxygen atoms in total. The second-order valence-electron chi connectivity index (χ2n) is 7.10. The zero-order chi connectivity index (χ0) is 16.9. The van der Waals surface area contributed by atoms with E-state index in [1.54, 1.807) is 12.3 Å². The molecule has 0 aromatic carbocycles. The highest BCUT2D eigenvalue weighted by atomic mass is 127. The number of nitrogens with one attached hydrogen (secondary N) is 1. The molecule has 2 N–H and O–H groups in total. The van der Waals surface area contributed by atoms with Gasteiger partial charge in [-0.05, 0) is 49.8 Å². The van der Waals surface area contributed by atoms with Crippen molar-refractivity contribution in [2.45, 2.75) is 61.6 Å². The molecule has 24 heavy (non-hydrogen) atoms. The van der Waals surface area contributed by atoms with Crippen LogP contribution in [0.25, 0.3) is 0 Å². The molecule has 0 amide bonds. The van der Waals surface area contributed by atoms with E-state index < -0.39 is 0 Å². The van der Waals surface area contributed by atoms with Crippen molar-refractivity contribution in [3.05, 3.63) is 22.8 Å². The normalized spacial score (nSPS) is 26.5. The van der Waals surface area contributed by atoms with E-state index in [1.807, 2.05) is 0 Å². The van der Waals surface area contributed by atoms with Gasteiger partial charge < -0.3 is 10.4 Å². The molecule has 1 aromatic rings. The topological polar surface area (TPSA) is 48.4 Å². The molecule has 2 aliphatic rings. The van der Waals surface area contributed by atoms with Gasteiger partial charge in [-0.3, -0.25) is 4.90 Å². The number of likely N-dealkylation sites (tertiary alicyclic amines) is 1. The highest BCUT2D eigenvalue weighted by molar-refractivity contribution is 14.1. The Morgan fingerprint density at radius 2 is 2.04 bits per heavy atom. The molecule has 1 saturated carbocycles. The Kier molecular flexibility index (Phi) is 7.01. The van der Waals surface area contributed by atoms with E-state index in [0.717, 1.165) is 23.7 Å². The first kappa shape index (κ1) is 18.7. The summed E-state index contributed by atoms with van der Waals surface area (Å²) in [6, 6.07) is 2.16. The summed E-state index contributed by atoms with van der Waals surface area (Å²) in [7, 11) is 0. The lowest BCUT2D eigenvalue weighted by atomic mass is 9.88. The van der Waals surface area contributed by atoms with Gasteiger partial charge in [0.05, 0.1) is 21.7 Å². The number of hydrogen-bond acceptors (Lipinski definition) is 4. The lowest BCUT2D eigenvalue weighted by Crippen LogP contribution is -2.49. The van der Waals surface area contributed by atoms with Gasteiger partial charge in [0.15, 0.2) is 0 Å². The average molecular weight is 464 g/mol. The Labute approximate surface area is 163 Å². The predicted octanol–water partition coefficient (Wildman–Crippen LogP) is 4.45. The van der Waals surface area contributed by atoms with Gasteiger partial charge in [-0.2, -0.15) is 0 Å². The maximum atomic E-state index is 9.18. The van der Waals surface area contributed by atoms with Crippen molar-refractivity contribution in [2.24, 2.45) is 5.92 Å². The summed E-state index contributed by atoms with van der Waals surface area (Å²) in [6.07, 6.45) is 11.1. The summed E-state index contributed by atoms with van der Waals surface area (Å²) >= 11 is 8.90. The Hall–Kier alpha value is -0.110. The Morgan fingerprint density at radius 3 is 2.75 bits per heavy atom. The van der Waals surface area contributed by atoms with E-state index in [1.165, 1.54) is 51.6 Å². The number of aromatic nitrogens is 1. The molecule has 2 fully saturated rings. The molecule has 0 spiro atoms. The minimum atomic E-state index is -0.0273. The van der Waals surface area contributed by atoms with Crippen LogP contribution in [0.5, 0.6) is 0 Å². The second kappa shape index (κ2) is 9.01. The number of rotatable bonds is 5. The molecule has 1 unspecified atom stereocenters. The highest BCUT2D eigenvalue weighted by Gasteiger charge is 2.31. The molecule has 1 aliphatic heterocycles. The summed E-state index contributed by atoms with van der Waals surface area (Å²) in [5.41, 5.74) is 0.749. The second-order valence-corrected chi connectivity index (χ2v) is 8.78. The van der Waals surface area contributed by atoms with E-state index >= 15 is 0 Å². The first-order valence-electron chi connectivity index (χ1n) is 9.07. The first-order chi connectivity index (χ1) is 11.7. The van der Waals surface area contributed by atoms with Crippen LogP contribution in [0.3, 0.4) is 0 Å². The van der Waals surface area contributed by atoms with E-state index in [2.05, 4.69) is 37.8 Å². The van der Waals surface area contributed by atoms with Gasteiger partial charge in [0.2, 0.25) is 0 Å². The SMILES string of the molecule is OCc1cnc(N[C@@H]2CCCN(CC3CCCCC3)C2I)c(Cl)c1. The summed E-state index contributed by atoms with van der Waals surface area (Å²) in [4.78, 5) is 7.04. The summed E-state index contributed by atoms with van der Waals surface area (Å²) < 4.78 is 0.466. The Balaban J connectivity index is 1.61. The van der Waals surface area contributed by atoms with Crippen LogP contribution in [-0.4, -0.2) is 38.2 Å². The van der Waals surface area contributed by atoms with Crippen LogP contribution >= 0.6 is 34.2 Å². The lowest BCUT2D eigenvalue weighted by molar-refractivity contribution is 0.157. The minimum Gasteiger partial charge on any atom is -0.392 e. The highest BCUT2D eigenvalue weighted by Crippen LogP contribution is 2.31.